The second-order valence-corrected chi connectivity index (χ2v) is 9.01. The highest BCUT2D eigenvalue weighted by Gasteiger charge is 2.24. The summed E-state index contributed by atoms with van der Waals surface area (Å²) in [5.74, 6) is 2.03. The van der Waals surface area contributed by atoms with Crippen molar-refractivity contribution in [3.8, 4) is 0 Å². The number of thioether (sulfide) groups is 1. The quantitative estimate of drug-likeness (QED) is 0.787. The van der Waals surface area contributed by atoms with Gasteiger partial charge in [-0.3, -0.25) is 19.3 Å². The van der Waals surface area contributed by atoms with E-state index >= 15 is 0 Å². The Kier molecular flexibility index (Phi) is 7.55. The average molecular weight is 419 g/mol. The molecule has 0 atom stereocenters. The standard InChI is InChI=1S/C21H30N4O3S/c1-16(2)20(27)24-8-6-23(7-9-24)15-19(26)22-18-5-3-4-17(14-18)21(28)25-10-12-29-13-11-25/h3-5,14,16H,6-13,15H2,1-2H3,(H,22,26). The maximum atomic E-state index is 12.7. The molecule has 2 aliphatic rings. The molecule has 29 heavy (non-hydrogen) atoms. The number of anilines is 1. The van der Waals surface area contributed by atoms with Crippen LogP contribution in [0.2, 0.25) is 0 Å². The Morgan fingerprint density at radius 1 is 1.00 bits per heavy atom. The third-order valence-electron chi connectivity index (χ3n) is 5.24. The van der Waals surface area contributed by atoms with Crippen LogP contribution in [0.3, 0.4) is 0 Å². The van der Waals surface area contributed by atoms with Gasteiger partial charge < -0.3 is 15.1 Å². The van der Waals surface area contributed by atoms with E-state index < -0.39 is 0 Å². The Bertz CT molecular complexity index is 741. The van der Waals surface area contributed by atoms with Crippen molar-refractivity contribution >= 4 is 35.2 Å². The summed E-state index contributed by atoms with van der Waals surface area (Å²) in [6.07, 6.45) is 0. The van der Waals surface area contributed by atoms with Gasteiger partial charge in [-0.25, -0.2) is 0 Å². The third kappa shape index (κ3) is 5.96. The normalized spacial score (nSPS) is 18.0. The Labute approximate surface area is 176 Å². The van der Waals surface area contributed by atoms with Crippen molar-refractivity contribution in [2.75, 3.05) is 62.6 Å². The lowest BCUT2D eigenvalue weighted by molar-refractivity contribution is -0.136. The second kappa shape index (κ2) is 10.1. The molecule has 0 bridgehead atoms. The van der Waals surface area contributed by atoms with Crippen LogP contribution in [0, 0.1) is 5.92 Å². The van der Waals surface area contributed by atoms with Gasteiger partial charge in [0.05, 0.1) is 6.54 Å². The molecule has 2 fully saturated rings. The van der Waals surface area contributed by atoms with Gasteiger partial charge in [0.1, 0.15) is 0 Å². The fourth-order valence-corrected chi connectivity index (χ4v) is 4.48. The van der Waals surface area contributed by atoms with Gasteiger partial charge in [-0.15, -0.1) is 0 Å². The fraction of sp³-hybridized carbons (Fsp3) is 0.571. The van der Waals surface area contributed by atoms with Crippen molar-refractivity contribution in [3.63, 3.8) is 0 Å². The molecule has 1 aromatic carbocycles. The van der Waals surface area contributed by atoms with E-state index in [0.717, 1.165) is 24.6 Å². The van der Waals surface area contributed by atoms with Crippen molar-refractivity contribution in [1.82, 2.24) is 14.7 Å². The van der Waals surface area contributed by atoms with Gasteiger partial charge in [-0.1, -0.05) is 19.9 Å². The van der Waals surface area contributed by atoms with Gasteiger partial charge in [0, 0.05) is 67.9 Å². The molecule has 2 aliphatic heterocycles. The zero-order valence-corrected chi connectivity index (χ0v) is 18.0. The lowest BCUT2D eigenvalue weighted by Crippen LogP contribution is -2.51. The average Bonchev–Trinajstić information content (AvgIpc) is 2.74. The first-order valence-electron chi connectivity index (χ1n) is 10.2. The first-order chi connectivity index (χ1) is 13.9. The van der Waals surface area contributed by atoms with E-state index in [4.69, 9.17) is 0 Å². The van der Waals surface area contributed by atoms with Crippen molar-refractivity contribution < 1.29 is 14.4 Å². The van der Waals surface area contributed by atoms with Crippen LogP contribution in [0.5, 0.6) is 0 Å². The molecule has 2 saturated heterocycles. The van der Waals surface area contributed by atoms with E-state index in [2.05, 4.69) is 10.2 Å². The van der Waals surface area contributed by atoms with Crippen LogP contribution in [0.15, 0.2) is 24.3 Å². The van der Waals surface area contributed by atoms with Crippen molar-refractivity contribution in [2.24, 2.45) is 5.92 Å². The molecule has 7 nitrogen and oxygen atoms in total. The molecule has 2 heterocycles. The minimum absolute atomic E-state index is 0.00327. The van der Waals surface area contributed by atoms with Gasteiger partial charge in [0.25, 0.3) is 5.91 Å². The Hall–Kier alpha value is -2.06. The first-order valence-corrected chi connectivity index (χ1v) is 11.4. The van der Waals surface area contributed by atoms with E-state index in [0.29, 0.717) is 37.4 Å². The zero-order chi connectivity index (χ0) is 20.8. The van der Waals surface area contributed by atoms with Crippen molar-refractivity contribution in [1.29, 1.82) is 0 Å². The van der Waals surface area contributed by atoms with Crippen LogP contribution in [0.25, 0.3) is 0 Å². The Morgan fingerprint density at radius 3 is 2.34 bits per heavy atom. The van der Waals surface area contributed by atoms with Gasteiger partial charge in [-0.05, 0) is 18.2 Å². The predicted octanol–water partition coefficient (Wildman–Crippen LogP) is 1.61. The highest BCUT2D eigenvalue weighted by molar-refractivity contribution is 7.99. The van der Waals surface area contributed by atoms with Crippen molar-refractivity contribution in [2.45, 2.75) is 13.8 Å². The largest absolute Gasteiger partial charge is 0.340 e. The van der Waals surface area contributed by atoms with Crippen molar-refractivity contribution in [3.05, 3.63) is 29.8 Å². The Morgan fingerprint density at radius 2 is 1.69 bits per heavy atom. The van der Waals surface area contributed by atoms with E-state index in [1.807, 2.05) is 35.4 Å². The minimum Gasteiger partial charge on any atom is -0.340 e. The van der Waals surface area contributed by atoms with E-state index in [-0.39, 0.29) is 30.2 Å². The topological polar surface area (TPSA) is 73.0 Å². The third-order valence-corrected chi connectivity index (χ3v) is 6.18. The molecule has 0 spiro atoms. The molecule has 0 aromatic heterocycles. The number of benzene rings is 1. The fourth-order valence-electron chi connectivity index (χ4n) is 3.57. The summed E-state index contributed by atoms with van der Waals surface area (Å²) in [5, 5.41) is 2.90. The van der Waals surface area contributed by atoms with Crippen LogP contribution < -0.4 is 5.32 Å². The molecule has 3 amide bonds. The number of amides is 3. The number of piperazine rings is 1. The number of hydrogen-bond donors (Lipinski definition) is 1. The highest BCUT2D eigenvalue weighted by Crippen LogP contribution is 2.16. The van der Waals surface area contributed by atoms with Crippen LogP contribution in [-0.4, -0.2) is 89.7 Å². The maximum Gasteiger partial charge on any atom is 0.253 e. The summed E-state index contributed by atoms with van der Waals surface area (Å²) in [7, 11) is 0. The number of carbonyl (C=O) groups is 3. The summed E-state index contributed by atoms with van der Waals surface area (Å²) >= 11 is 1.86. The number of nitrogens with zero attached hydrogens (tertiary/aromatic N) is 3. The van der Waals surface area contributed by atoms with Crippen LogP contribution >= 0.6 is 11.8 Å². The summed E-state index contributed by atoms with van der Waals surface area (Å²) in [6, 6.07) is 7.16. The summed E-state index contributed by atoms with van der Waals surface area (Å²) in [4.78, 5) is 43.0. The Balaban J connectivity index is 1.50. The molecular formula is C21H30N4O3S. The lowest BCUT2D eigenvalue weighted by Gasteiger charge is -2.35. The summed E-state index contributed by atoms with van der Waals surface area (Å²) in [6.45, 7) is 8.33. The smallest absolute Gasteiger partial charge is 0.253 e. The summed E-state index contributed by atoms with van der Waals surface area (Å²) < 4.78 is 0. The summed E-state index contributed by atoms with van der Waals surface area (Å²) in [5.41, 5.74) is 1.25. The SMILES string of the molecule is CC(C)C(=O)N1CCN(CC(=O)Nc2cccc(C(=O)N3CCSCC3)c2)CC1. The van der Waals surface area contributed by atoms with Crippen LogP contribution in [0.1, 0.15) is 24.2 Å². The molecule has 0 saturated carbocycles. The molecule has 0 radical (unpaired) electrons. The minimum atomic E-state index is -0.104. The molecule has 0 unspecified atom stereocenters. The molecule has 8 heteroatoms. The highest BCUT2D eigenvalue weighted by atomic mass is 32.2. The lowest BCUT2D eigenvalue weighted by atomic mass is 10.1. The van der Waals surface area contributed by atoms with Gasteiger partial charge in [0.15, 0.2) is 0 Å². The van der Waals surface area contributed by atoms with E-state index in [1.165, 1.54) is 0 Å². The predicted molar refractivity (Wildman–Crippen MR) is 116 cm³/mol. The molecule has 1 aromatic rings. The maximum absolute atomic E-state index is 12.7. The van der Waals surface area contributed by atoms with E-state index in [1.54, 1.807) is 24.3 Å². The van der Waals surface area contributed by atoms with Gasteiger partial charge in [-0.2, -0.15) is 11.8 Å². The van der Waals surface area contributed by atoms with Crippen LogP contribution in [0.4, 0.5) is 5.69 Å². The first kappa shape index (κ1) is 21.6. The van der Waals surface area contributed by atoms with Gasteiger partial charge >= 0.3 is 0 Å². The molecule has 3 rings (SSSR count). The zero-order valence-electron chi connectivity index (χ0n) is 17.2. The van der Waals surface area contributed by atoms with Crippen LogP contribution in [-0.2, 0) is 9.59 Å². The monoisotopic (exact) mass is 418 g/mol. The molecule has 1 N–H and O–H groups in total. The number of rotatable bonds is 5. The van der Waals surface area contributed by atoms with E-state index in [9.17, 15) is 14.4 Å². The molecular weight excluding hydrogens is 388 g/mol. The number of carbonyl (C=O) groups excluding carboxylic acids is 3. The molecule has 0 aliphatic carbocycles. The molecule has 158 valence electrons. The number of nitrogens with one attached hydrogen (secondary N) is 1. The number of hydrogen-bond acceptors (Lipinski definition) is 5. The second-order valence-electron chi connectivity index (χ2n) is 7.79. The van der Waals surface area contributed by atoms with Gasteiger partial charge in [0.2, 0.25) is 11.8 Å².